The summed E-state index contributed by atoms with van der Waals surface area (Å²) in [7, 11) is 4.01. The molecule has 0 N–H and O–H groups in total. The van der Waals surface area contributed by atoms with Crippen LogP contribution < -0.4 is 0 Å². The molecule has 0 aliphatic carbocycles. The van der Waals surface area contributed by atoms with Crippen LogP contribution in [-0.2, 0) is 49.4 Å². The Labute approximate surface area is 240 Å². The Morgan fingerprint density at radius 1 is 0.897 bits per heavy atom. The summed E-state index contributed by atoms with van der Waals surface area (Å²) < 4.78 is 35.1. The minimum absolute atomic E-state index is 0. The van der Waals surface area contributed by atoms with Crippen molar-refractivity contribution < 1.29 is 54.2 Å². The number of hydrogen-bond acceptors (Lipinski definition) is 8. The third-order valence-electron chi connectivity index (χ3n) is 5.74. The van der Waals surface area contributed by atoms with Gasteiger partial charge in [-0.15, -0.1) is 0 Å². The second-order valence-electron chi connectivity index (χ2n) is 7.52. The molecule has 3 aromatic rings. The molecule has 5 heterocycles. The zero-order valence-electron chi connectivity index (χ0n) is 21.3. The molecule has 0 saturated carbocycles. The van der Waals surface area contributed by atoms with Gasteiger partial charge < -0.3 is 28.0 Å². The van der Waals surface area contributed by atoms with Crippen LogP contribution in [0.4, 0.5) is 4.79 Å². The molecule has 0 unspecified atom stereocenters. The fourth-order valence-corrected chi connectivity index (χ4v) is 4.24. The number of methoxy groups -OCH3 is 3. The van der Waals surface area contributed by atoms with E-state index in [1.165, 1.54) is 19.1 Å². The minimum Gasteiger partial charge on any atom is -0.425 e. The van der Waals surface area contributed by atoms with Crippen LogP contribution in [0, 0.1) is 38.2 Å². The molecule has 3 atom stereocenters. The van der Waals surface area contributed by atoms with E-state index < -0.39 is 6.09 Å². The smallest absolute Gasteiger partial charge is 0.425 e. The van der Waals surface area contributed by atoms with Gasteiger partial charge >= 0.3 is 55.7 Å². The maximum Gasteiger partial charge on any atom is 2.00 e. The Kier molecular flexibility index (Phi) is 14.8. The van der Waals surface area contributed by atoms with Gasteiger partial charge in [0, 0.05) is 32.1 Å². The van der Waals surface area contributed by atoms with Crippen LogP contribution in [0.2, 0.25) is 0 Å². The van der Waals surface area contributed by atoms with Crippen molar-refractivity contribution in [3.8, 4) is 0 Å². The van der Waals surface area contributed by atoms with Crippen molar-refractivity contribution in [2.24, 2.45) is 5.92 Å². The van der Waals surface area contributed by atoms with Gasteiger partial charge in [-0.2, -0.15) is 0 Å². The van der Waals surface area contributed by atoms with Crippen LogP contribution in [0.3, 0.4) is 0 Å². The Balaban J connectivity index is 0.000000340. The summed E-state index contributed by atoms with van der Waals surface area (Å²) in [5, 5.41) is 12.7. The number of aromatic nitrogens is 6. The molecule has 5 rings (SSSR count). The van der Waals surface area contributed by atoms with E-state index >= 15 is 0 Å². The molecule has 14 nitrogen and oxygen atoms in total. The van der Waals surface area contributed by atoms with Crippen molar-refractivity contribution in [2.75, 3.05) is 21.3 Å². The second kappa shape index (κ2) is 17.2. The SMILES string of the molecule is CO[C]1[CH][CH][C@H]2[C@H](C(=O)OC)C[C@@H]1N2C(=O)OC.[C-]#[O+].[C-]#[O+].[Mo+2].c1cnn([B-](n2cccn2)n2cccn2)c1. The van der Waals surface area contributed by atoms with Gasteiger partial charge in [0.2, 0.25) is 0 Å². The Morgan fingerprint density at radius 2 is 1.38 bits per heavy atom. The number of hydrogen-bond donors (Lipinski definition) is 0. The maximum absolute atomic E-state index is 11.8. The van der Waals surface area contributed by atoms with Crippen LogP contribution in [-0.4, -0.2) is 86.6 Å². The number of amides is 1. The first-order chi connectivity index (χ1) is 18.6. The van der Waals surface area contributed by atoms with E-state index in [0.29, 0.717) is 12.5 Å². The summed E-state index contributed by atoms with van der Waals surface area (Å²) in [4.78, 5) is 25.0. The molecule has 4 radical (unpaired) electrons. The van der Waals surface area contributed by atoms with Gasteiger partial charge in [0.1, 0.15) is 6.10 Å². The van der Waals surface area contributed by atoms with E-state index in [9.17, 15) is 9.59 Å². The minimum atomic E-state index is -0.463. The first-order valence-electron chi connectivity index (χ1n) is 11.0. The van der Waals surface area contributed by atoms with E-state index in [1.54, 1.807) is 52.3 Å². The number of carbonyl (C=O) groups is 2. The zero-order chi connectivity index (χ0) is 28.1. The van der Waals surface area contributed by atoms with Gasteiger partial charge in [0.25, 0.3) is 7.12 Å². The van der Waals surface area contributed by atoms with Crippen LogP contribution >= 0.6 is 0 Å². The van der Waals surface area contributed by atoms with Gasteiger partial charge in [-0.25, -0.2) is 20.1 Å². The number of rotatable bonds is 5. The topological polar surface area (TPSA) is 158 Å². The first-order valence-corrected chi connectivity index (χ1v) is 11.0. The quantitative estimate of drug-likeness (QED) is 0.175. The normalized spacial score (nSPS) is 19.1. The molecular formula is C23H25BMoN7O7+. The molecule has 1 amide bonds. The third-order valence-corrected chi connectivity index (χ3v) is 5.74. The van der Waals surface area contributed by atoms with Crippen molar-refractivity contribution in [2.45, 2.75) is 18.5 Å². The predicted octanol–water partition coefficient (Wildman–Crippen LogP) is 0.714. The maximum atomic E-state index is 11.8. The van der Waals surface area contributed by atoms with Crippen molar-refractivity contribution in [1.29, 1.82) is 0 Å². The largest absolute Gasteiger partial charge is 2.00 e. The fourth-order valence-electron chi connectivity index (χ4n) is 4.24. The van der Waals surface area contributed by atoms with Crippen LogP contribution in [0.5, 0.6) is 0 Å². The Bertz CT molecular complexity index is 1060. The number of nitrogens with zero attached hydrogens (tertiary/aromatic N) is 7. The van der Waals surface area contributed by atoms with Gasteiger partial charge in [-0.05, 0) is 49.6 Å². The summed E-state index contributed by atoms with van der Waals surface area (Å²) in [6.07, 6.45) is 15.1. The van der Waals surface area contributed by atoms with E-state index in [2.05, 4.69) is 28.6 Å². The summed E-state index contributed by atoms with van der Waals surface area (Å²) in [5.74, 6) is -0.693. The van der Waals surface area contributed by atoms with Crippen LogP contribution in [0.1, 0.15) is 6.42 Å². The van der Waals surface area contributed by atoms with Gasteiger partial charge in [0.15, 0.2) is 0 Å². The van der Waals surface area contributed by atoms with Crippen molar-refractivity contribution in [1.82, 2.24) is 34.0 Å². The molecule has 16 heteroatoms. The third kappa shape index (κ3) is 7.80. The summed E-state index contributed by atoms with van der Waals surface area (Å²) >= 11 is 0. The zero-order valence-corrected chi connectivity index (χ0v) is 23.3. The summed E-state index contributed by atoms with van der Waals surface area (Å²) in [5.41, 5.74) is 0. The van der Waals surface area contributed by atoms with Gasteiger partial charge in [-0.3, -0.25) is 9.69 Å². The van der Waals surface area contributed by atoms with Crippen LogP contribution in [0.15, 0.2) is 55.4 Å². The molecule has 202 valence electrons. The number of esters is 1. The standard InChI is InChI=1S/C12H16NO5.C9H9BN6.2CO.Mo/c1-16-10-5-4-8-7(11(14)17-2)6-9(10)13(8)12(15)18-3;1-4-11-14(7-1)10(15-8-2-5-12-15)16-9-3-6-13-16;2*1-2;/h4-5,7-9H,6H2,1-3H3;1-9H;;;/q;-1;;;+2/t7-,8+,9+;;;;/m1..../s1. The molecule has 3 aromatic heterocycles. The molecule has 0 spiro atoms. The average Bonchev–Trinajstić information content (AvgIpc) is 3.80. The first kappa shape index (κ1) is 33.6. The average molecular weight is 618 g/mol. The number of carbonyl (C=O) groups excluding carboxylic acids is 2. The van der Waals surface area contributed by atoms with Crippen molar-refractivity contribution in [3.05, 3.63) is 87.6 Å². The Hall–Kier alpha value is -3.44. The summed E-state index contributed by atoms with van der Waals surface area (Å²) in [6.45, 7) is 9.00. The molecule has 2 fully saturated rings. The second-order valence-corrected chi connectivity index (χ2v) is 7.52. The number of piperidine rings is 1. The number of fused-ring (bicyclic) bond motifs is 2. The molecule has 2 saturated heterocycles. The summed E-state index contributed by atoms with van der Waals surface area (Å²) in [6, 6.07) is 5.04. The monoisotopic (exact) mass is 620 g/mol. The Morgan fingerprint density at radius 3 is 1.74 bits per heavy atom. The molecule has 39 heavy (non-hydrogen) atoms. The van der Waals surface area contributed by atoms with Crippen molar-refractivity contribution >= 4 is 19.2 Å². The van der Waals surface area contributed by atoms with Gasteiger partial charge in [0.05, 0.1) is 32.2 Å². The molecular weight excluding hydrogens is 593 g/mol. The van der Waals surface area contributed by atoms with Gasteiger partial charge in [-0.1, -0.05) is 0 Å². The fraction of sp³-hybridized carbons (Fsp3) is 0.304. The van der Waals surface area contributed by atoms with E-state index in [1.807, 2.05) is 36.8 Å². The van der Waals surface area contributed by atoms with Crippen LogP contribution in [0.25, 0.3) is 0 Å². The number of ether oxygens (including phenoxy) is 3. The molecule has 2 aliphatic heterocycles. The molecule has 2 bridgehead atoms. The van der Waals surface area contributed by atoms with Crippen molar-refractivity contribution in [3.63, 3.8) is 0 Å². The van der Waals surface area contributed by atoms with E-state index in [-0.39, 0.29) is 52.2 Å². The predicted molar refractivity (Wildman–Crippen MR) is 127 cm³/mol. The van der Waals surface area contributed by atoms with E-state index in [4.69, 9.17) is 23.5 Å². The molecule has 2 aliphatic rings. The van der Waals surface area contributed by atoms with E-state index in [0.717, 1.165) is 0 Å². The molecule has 0 aromatic carbocycles.